The van der Waals surface area contributed by atoms with Crippen molar-refractivity contribution in [3.63, 3.8) is 0 Å². The molecule has 18 rings (SSSR count). The van der Waals surface area contributed by atoms with E-state index in [2.05, 4.69) is 85.9 Å². The van der Waals surface area contributed by atoms with Gasteiger partial charge in [0, 0.05) is 240 Å². The van der Waals surface area contributed by atoms with E-state index in [-0.39, 0.29) is 38.0 Å². The number of aliphatic hydroxyl groups excluding tert-OH is 1. The van der Waals surface area contributed by atoms with Crippen LogP contribution < -0.4 is 67.5 Å². The normalized spacial score (nSPS) is 12.5. The van der Waals surface area contributed by atoms with Crippen LogP contribution in [0.4, 0.5) is 45.5 Å². The molecule has 2 fully saturated rings. The second-order valence-corrected chi connectivity index (χ2v) is 40.2. The highest BCUT2D eigenvalue weighted by molar-refractivity contribution is 7.90. The molecule has 2 saturated carbocycles. The van der Waals surface area contributed by atoms with Crippen LogP contribution >= 0.6 is 0 Å². The summed E-state index contributed by atoms with van der Waals surface area (Å²) in [5.41, 5.74) is 20.2. The third-order valence-electron chi connectivity index (χ3n) is 23.3. The highest BCUT2D eigenvalue weighted by Crippen LogP contribution is 2.43. The summed E-state index contributed by atoms with van der Waals surface area (Å²) in [5.74, 6) is 5.65. The molecule has 5 N–H and O–H groups in total. The molecular weight excluding hydrogens is 1870 g/mol. The monoisotopic (exact) mass is 1990 g/mol. The van der Waals surface area contributed by atoms with Crippen molar-refractivity contribution >= 4 is 126 Å². The van der Waals surface area contributed by atoms with E-state index in [1.54, 1.807) is 144 Å². The second-order valence-electron chi connectivity index (χ2n) is 34.2. The summed E-state index contributed by atoms with van der Waals surface area (Å²) in [6, 6.07) is 46.4. The number of ether oxygens (including phenoxy) is 7. The molecule has 8 heterocycles. The maximum atomic E-state index is 12.3. The van der Waals surface area contributed by atoms with Crippen molar-refractivity contribution in [1.29, 1.82) is 0 Å². The minimum atomic E-state index is -3.51. The Balaban J connectivity index is 0.000000143. The Morgan fingerprint density at radius 3 is 1.18 bits per heavy atom. The quantitative estimate of drug-likeness (QED) is 0.0223. The first-order valence-corrected chi connectivity index (χ1v) is 51.1. The molecule has 0 bridgehead atoms. The molecule has 1 amide bonds. The summed E-state index contributed by atoms with van der Waals surface area (Å²) in [6.07, 6.45) is 29.5. The Morgan fingerprint density at radius 2 is 0.810 bits per heavy atom. The van der Waals surface area contributed by atoms with E-state index >= 15 is 0 Å². The van der Waals surface area contributed by atoms with Crippen LogP contribution in [-0.2, 0) is 50.7 Å². The van der Waals surface area contributed by atoms with E-state index in [1.165, 1.54) is 46.0 Å². The number of aryl methyl sites for hydroxylation is 3. The lowest BCUT2D eigenvalue weighted by Crippen LogP contribution is -2.37. The highest BCUT2D eigenvalue weighted by Gasteiger charge is 2.30. The molecule has 8 aromatic carbocycles. The smallest absolute Gasteiger partial charge is 0.278 e. The zero-order valence-electron chi connectivity index (χ0n) is 81.1. The van der Waals surface area contributed by atoms with Crippen molar-refractivity contribution in [3.8, 4) is 85.3 Å². The number of benzene rings is 8. The molecule has 0 atom stereocenters. The number of methoxy groups -OCH3 is 6. The number of rotatable bonds is 40. The number of fused-ring (bicyclic) bond motifs is 4. The number of sulfone groups is 1. The van der Waals surface area contributed by atoms with Gasteiger partial charge in [0.15, 0.2) is 0 Å². The lowest BCUT2D eigenvalue weighted by molar-refractivity contribution is 0.0962. The van der Waals surface area contributed by atoms with Crippen molar-refractivity contribution < 1.29 is 68.3 Å². The van der Waals surface area contributed by atoms with Crippen LogP contribution in [-0.4, -0.2) is 255 Å². The number of hydrogen-bond acceptors (Lipinski definition) is 31. The van der Waals surface area contributed by atoms with Gasteiger partial charge in [-0.1, -0.05) is 0 Å². The highest BCUT2D eigenvalue weighted by atomic mass is 32.2. The number of H-pyrrole nitrogens is 1. The number of nitrogens with zero attached hydrogens (tertiary/aromatic N) is 20. The van der Waals surface area contributed by atoms with Gasteiger partial charge in [-0.25, -0.2) is 46.2 Å². The fourth-order valence-electron chi connectivity index (χ4n) is 15.4. The predicted octanol–water partition coefficient (Wildman–Crippen LogP) is 13.5. The van der Waals surface area contributed by atoms with Gasteiger partial charge in [-0.2, -0.15) is 33.1 Å². The van der Waals surface area contributed by atoms with Crippen LogP contribution in [0.25, 0.3) is 89.2 Å². The number of carbonyl (C=O) groups excluding carboxylic acids is 1. The lowest BCUT2D eigenvalue weighted by Gasteiger charge is -2.26. The number of sulfonamides is 1. The molecular formula is C100H114N24O15S3. The lowest BCUT2D eigenvalue weighted by atomic mass is 10.1. The Bertz CT molecular complexity index is 7430. The van der Waals surface area contributed by atoms with Gasteiger partial charge in [-0.3, -0.25) is 43.9 Å². The average Bonchev–Trinajstić information content (AvgIpc) is 1.34. The third-order valence-corrected chi connectivity index (χ3v) is 26.5. The van der Waals surface area contributed by atoms with Crippen molar-refractivity contribution in [2.75, 3.05) is 154 Å². The van der Waals surface area contributed by atoms with E-state index in [1.807, 2.05) is 148 Å². The van der Waals surface area contributed by atoms with Gasteiger partial charge in [0.2, 0.25) is 10.0 Å². The van der Waals surface area contributed by atoms with Crippen molar-refractivity contribution in [2.45, 2.75) is 45.1 Å². The van der Waals surface area contributed by atoms with Crippen molar-refractivity contribution in [3.05, 3.63) is 226 Å². The summed E-state index contributed by atoms with van der Waals surface area (Å²) < 4.78 is 120. The van der Waals surface area contributed by atoms with Crippen LogP contribution in [0.1, 0.15) is 48.9 Å². The van der Waals surface area contributed by atoms with Gasteiger partial charge in [-0.15, -0.1) is 0 Å². The van der Waals surface area contributed by atoms with Gasteiger partial charge in [0.05, 0.1) is 184 Å². The predicted molar refractivity (Wildman–Crippen MR) is 548 cm³/mol. The topological polar surface area (TPSA) is 442 Å². The maximum Gasteiger partial charge on any atom is 0.278 e. The standard InChI is InChI=1S/C27H31N5O5S.C25H31N7O4S.C24H28N6O4S.C24H24N6O2/c1-36-23-11-22(12-24(14-23)37-9-8-33)32(17-19-3-4-19)21-5-6-25-26(13-21)30-27(16-28-25)20-15-29-31(18-20)7-10-38(2,34)35;1-30(2)37(33,34)28-9-6-10-32(20-11-21(35-4)14-22(12-20)36-5)19-7-8-23-24(13-19)29-25(16-26-23)18-15-27-31(3)17-18;1-29-16-17(14-26-29)24-15-25-22-7-6-18(12-23(22)28-24)30(9-5-8-27-35(4,31)32)19-10-20(33-2)13-21(11-19)34-3;1-25-24(31)16-7-19(9-20(8-16)32-2)30(14-15-3-4-15)18-5-6-21-22(10-18)29-23(13-26-21)17-11-27-28-12-17/h5-6,11-16,18-19,33H,3-4,7-10,17H2,1-2H3;7-8,11-17,28H,6,9-10H2,1-5H3;6-7,10-16,27H,5,8-9H2,1-4H3;5-13,15H,3-4,14H2,1-2H3,(H,25,31)(H,27,28). The SMILES string of the molecule is CNC(=O)c1cc(OC)cc(N(CC2CC2)c2ccc3ncc(-c4cn[nH]c4)nc3c2)c1.COc1cc(OC)cc(N(CCCNS(=O)(=O)N(C)C)c2ccc3ncc(-c4cnn(C)c4)nc3c2)c1.COc1cc(OC)cc(N(CCCNS(C)(=O)=O)c2ccc3ncc(-c4cnn(C)c4)nc3c2)c1.COc1cc(OCCO)cc(N(CC2CC2)c2ccc3ncc(-c4cnn(CCS(C)(=O)=O)c4)nc3c2)c1. The van der Waals surface area contributed by atoms with Crippen molar-refractivity contribution in [2.24, 2.45) is 25.9 Å². The number of hydrogen-bond donors (Lipinski definition) is 5. The number of aliphatic hydroxyl groups is 1. The molecule has 0 spiro atoms. The average molecular weight is 1990 g/mol. The molecule has 0 unspecified atom stereocenters. The molecule has 42 heteroatoms. The first-order valence-electron chi connectivity index (χ1n) is 45.7. The van der Waals surface area contributed by atoms with Crippen LogP contribution in [0.2, 0.25) is 0 Å². The van der Waals surface area contributed by atoms with E-state index in [4.69, 9.17) is 53.1 Å². The molecule has 8 aromatic heterocycles. The Morgan fingerprint density at radius 1 is 0.437 bits per heavy atom. The molecule has 16 aromatic rings. The fraction of sp³-hybridized carbons (Fsp3) is 0.310. The van der Waals surface area contributed by atoms with E-state index in [0.29, 0.717) is 95.8 Å². The molecule has 2 aliphatic rings. The Labute approximate surface area is 823 Å². The fourth-order valence-corrected chi connectivity index (χ4v) is 17.1. The molecule has 2 aliphatic carbocycles. The number of carbonyl (C=O) groups is 1. The molecule has 0 aliphatic heterocycles. The van der Waals surface area contributed by atoms with Crippen LogP contribution in [0.5, 0.6) is 40.2 Å². The van der Waals surface area contributed by atoms with Gasteiger partial charge in [0.25, 0.3) is 16.1 Å². The maximum absolute atomic E-state index is 12.3. The molecule has 742 valence electrons. The van der Waals surface area contributed by atoms with E-state index in [0.717, 1.165) is 153 Å². The molecule has 0 saturated heterocycles. The number of aromatic nitrogens is 16. The van der Waals surface area contributed by atoms with E-state index < -0.39 is 30.1 Å². The van der Waals surface area contributed by atoms with E-state index in [9.17, 15) is 35.2 Å². The van der Waals surface area contributed by atoms with Crippen LogP contribution in [0, 0.1) is 11.8 Å². The summed E-state index contributed by atoms with van der Waals surface area (Å²) in [5, 5.41) is 31.4. The van der Waals surface area contributed by atoms with Gasteiger partial charge in [-0.05, 0) is 135 Å². The first-order chi connectivity index (χ1) is 68.4. The van der Waals surface area contributed by atoms with Gasteiger partial charge >= 0.3 is 0 Å². The number of aromatic amines is 1. The van der Waals surface area contributed by atoms with Crippen LogP contribution in [0.15, 0.2) is 220 Å². The summed E-state index contributed by atoms with van der Waals surface area (Å²) in [4.78, 5) is 58.6. The second kappa shape index (κ2) is 45.9. The summed E-state index contributed by atoms with van der Waals surface area (Å²) >= 11 is 0. The Hall–Kier alpha value is -15.1. The Kier molecular flexibility index (Phi) is 32.8. The first kappa shape index (κ1) is 101. The number of nitrogens with one attached hydrogen (secondary N) is 4. The summed E-state index contributed by atoms with van der Waals surface area (Å²) in [7, 11) is 8.12. The molecule has 39 nitrogen and oxygen atoms in total. The van der Waals surface area contributed by atoms with Crippen molar-refractivity contribution in [1.82, 2.24) is 98.5 Å². The summed E-state index contributed by atoms with van der Waals surface area (Å²) in [6.45, 7) is 3.78. The van der Waals surface area contributed by atoms with Gasteiger partial charge < -0.3 is 63.2 Å². The van der Waals surface area contributed by atoms with Gasteiger partial charge in [0.1, 0.15) is 56.7 Å². The zero-order valence-corrected chi connectivity index (χ0v) is 83.5. The molecule has 0 radical (unpaired) electrons. The minimum absolute atomic E-state index is 0.0226. The zero-order chi connectivity index (χ0) is 100. The minimum Gasteiger partial charge on any atom is -0.497 e. The molecule has 142 heavy (non-hydrogen) atoms. The third kappa shape index (κ3) is 26.9. The number of anilines is 8. The van der Waals surface area contributed by atoms with Crippen LogP contribution in [0.3, 0.4) is 0 Å². The largest absolute Gasteiger partial charge is 0.497 e. The number of amides is 1.